The van der Waals surface area contributed by atoms with Crippen LogP contribution < -0.4 is 5.56 Å². The SMILES string of the molecule is CC(C)(C)C1=CCC(=O)C=C1.CC(C)(C)c1ccc(=O)[nH]c1.CC(C)(C)c1ccc2c(c1)C=NC2.CC(C)(C)c1ccccc1.CC(C)(C)c1cnc2c(c1)C=CC2.Cc1cn(C(C)(C)C)cn1.Cn1cc(C(C)(C)C)cn1. The van der Waals surface area contributed by atoms with Crippen LogP contribution in [0.4, 0.5) is 0 Å². The smallest absolute Gasteiger partial charge is 0.247 e. The van der Waals surface area contributed by atoms with E-state index in [0.29, 0.717) is 11.8 Å². The first kappa shape index (κ1) is 65.8. The highest BCUT2D eigenvalue weighted by Crippen LogP contribution is 2.30. The summed E-state index contributed by atoms with van der Waals surface area (Å²) in [4.78, 5) is 37.0. The number of nitrogens with zero attached hydrogens (tertiary/aromatic N) is 6. The lowest BCUT2D eigenvalue weighted by atomic mass is 9.83. The number of carbonyl (C=O) groups is 1. The number of carbonyl (C=O) groups excluding carboxylic acids is 1. The van der Waals surface area contributed by atoms with Gasteiger partial charge in [-0.3, -0.25) is 24.2 Å². The molecule has 5 heterocycles. The molecule has 78 heavy (non-hydrogen) atoms. The topological polar surface area (TPSA) is 111 Å². The number of benzene rings is 2. The minimum atomic E-state index is -0.0435. The van der Waals surface area contributed by atoms with E-state index in [9.17, 15) is 9.59 Å². The van der Waals surface area contributed by atoms with E-state index in [1.165, 1.54) is 50.2 Å². The lowest BCUT2D eigenvalue weighted by Crippen LogP contribution is -2.19. The van der Waals surface area contributed by atoms with E-state index in [2.05, 4.69) is 254 Å². The Morgan fingerprint density at radius 3 is 1.54 bits per heavy atom. The van der Waals surface area contributed by atoms with E-state index in [1.807, 2.05) is 61.8 Å². The third kappa shape index (κ3) is 22.8. The predicted molar refractivity (Wildman–Crippen MR) is 333 cm³/mol. The molecule has 0 atom stereocenters. The van der Waals surface area contributed by atoms with Gasteiger partial charge in [-0.2, -0.15) is 5.10 Å². The molecule has 1 N–H and O–H groups in total. The molecule has 2 aromatic carbocycles. The van der Waals surface area contributed by atoms with Gasteiger partial charge in [0.2, 0.25) is 5.56 Å². The monoisotopic (exact) mass is 1060 g/mol. The van der Waals surface area contributed by atoms with Gasteiger partial charge in [-0.05, 0) is 128 Å². The summed E-state index contributed by atoms with van der Waals surface area (Å²) in [6, 6.07) is 22.9. The lowest BCUT2D eigenvalue weighted by Gasteiger charge is -2.21. The van der Waals surface area contributed by atoms with Gasteiger partial charge in [0.1, 0.15) is 0 Å². The molecule has 9 nitrogen and oxygen atoms in total. The van der Waals surface area contributed by atoms with Gasteiger partial charge in [-0.1, -0.05) is 197 Å². The average Bonchev–Trinajstić information content (AvgIpc) is 4.17. The number of aliphatic imine (C=N–C) groups is 1. The van der Waals surface area contributed by atoms with Crippen molar-refractivity contribution >= 4 is 18.1 Å². The van der Waals surface area contributed by atoms with Gasteiger partial charge in [0, 0.05) is 62.5 Å². The van der Waals surface area contributed by atoms with Crippen molar-refractivity contribution in [1.82, 2.24) is 29.3 Å². The fourth-order valence-corrected chi connectivity index (χ4v) is 7.60. The van der Waals surface area contributed by atoms with Crippen LogP contribution in [0.25, 0.3) is 6.08 Å². The number of aryl methyl sites for hydroxylation is 2. The molecule has 0 unspecified atom stereocenters. The van der Waals surface area contributed by atoms with E-state index in [0.717, 1.165) is 24.2 Å². The number of allylic oxidation sites excluding steroid dienone is 5. The first-order valence-corrected chi connectivity index (χ1v) is 27.7. The maximum Gasteiger partial charge on any atom is 0.247 e. The predicted octanol–water partition coefficient (Wildman–Crippen LogP) is 16.7. The summed E-state index contributed by atoms with van der Waals surface area (Å²) >= 11 is 0. The average molecular weight is 1060 g/mol. The van der Waals surface area contributed by atoms with Crippen LogP contribution in [0.15, 0.2) is 144 Å². The maximum atomic E-state index is 10.8. The summed E-state index contributed by atoms with van der Waals surface area (Å²) in [6.45, 7) is 48.7. The van der Waals surface area contributed by atoms with Crippen molar-refractivity contribution in [2.45, 2.75) is 204 Å². The highest BCUT2D eigenvalue weighted by molar-refractivity contribution is 5.92. The Morgan fingerprint density at radius 1 is 0.538 bits per heavy atom. The molecular formula is C69H99N7O2. The molecule has 0 amide bonds. The van der Waals surface area contributed by atoms with Crippen LogP contribution in [0.5, 0.6) is 0 Å². The van der Waals surface area contributed by atoms with Crippen LogP contribution in [0.1, 0.15) is 208 Å². The van der Waals surface area contributed by atoms with Gasteiger partial charge in [0.25, 0.3) is 0 Å². The number of fused-ring (bicyclic) bond motifs is 2. The van der Waals surface area contributed by atoms with Crippen LogP contribution in [0.3, 0.4) is 0 Å². The summed E-state index contributed by atoms with van der Waals surface area (Å²) in [7, 11) is 1.94. The molecule has 0 fully saturated rings. The molecule has 422 valence electrons. The first-order valence-electron chi connectivity index (χ1n) is 27.7. The van der Waals surface area contributed by atoms with E-state index in [4.69, 9.17) is 0 Å². The maximum absolute atomic E-state index is 10.8. The van der Waals surface area contributed by atoms with E-state index in [-0.39, 0.29) is 44.0 Å². The van der Waals surface area contributed by atoms with E-state index < -0.39 is 0 Å². The minimum absolute atomic E-state index is 0.0435. The molecule has 9 rings (SSSR count). The van der Waals surface area contributed by atoms with E-state index in [1.54, 1.807) is 18.3 Å². The molecule has 0 saturated carbocycles. The number of rotatable bonds is 0. The summed E-state index contributed by atoms with van der Waals surface area (Å²) in [5.74, 6) is 0.206. The Labute approximate surface area is 472 Å². The highest BCUT2D eigenvalue weighted by atomic mass is 16.1. The number of hydrogen-bond acceptors (Lipinski definition) is 6. The molecule has 9 heteroatoms. The number of ketones is 1. The minimum Gasteiger partial charge on any atom is -0.332 e. The Hall–Kier alpha value is -6.48. The van der Waals surface area contributed by atoms with Gasteiger partial charge < -0.3 is 9.55 Å². The molecular weight excluding hydrogens is 959 g/mol. The fraction of sp³-hybridized carbons (Fsp3) is 0.478. The van der Waals surface area contributed by atoms with Gasteiger partial charge in [0.15, 0.2) is 5.78 Å². The zero-order valence-corrected chi connectivity index (χ0v) is 52.4. The van der Waals surface area contributed by atoms with Crippen LogP contribution >= 0.6 is 0 Å². The van der Waals surface area contributed by atoms with Crippen molar-refractivity contribution in [2.75, 3.05) is 0 Å². The van der Waals surface area contributed by atoms with Gasteiger partial charge >= 0.3 is 0 Å². The Kier molecular flexibility index (Phi) is 23.1. The molecule has 2 aliphatic carbocycles. The Bertz CT molecular complexity index is 2870. The van der Waals surface area contributed by atoms with Crippen molar-refractivity contribution in [3.8, 4) is 0 Å². The van der Waals surface area contributed by atoms with Crippen molar-refractivity contribution in [1.29, 1.82) is 0 Å². The van der Waals surface area contributed by atoms with Crippen molar-refractivity contribution < 1.29 is 4.79 Å². The number of hydrogen-bond donors (Lipinski definition) is 1. The van der Waals surface area contributed by atoms with Crippen LogP contribution in [-0.2, 0) is 57.4 Å². The molecule has 0 bridgehead atoms. The van der Waals surface area contributed by atoms with Crippen molar-refractivity contribution in [3.05, 3.63) is 200 Å². The molecule has 0 radical (unpaired) electrons. The first-order chi connectivity index (χ1) is 35.7. The number of H-pyrrole nitrogens is 1. The zero-order valence-electron chi connectivity index (χ0n) is 52.4. The van der Waals surface area contributed by atoms with Crippen LogP contribution in [0, 0.1) is 12.3 Å². The fourth-order valence-electron chi connectivity index (χ4n) is 7.60. The molecule has 1 aliphatic heterocycles. The number of aromatic amines is 1. The third-order valence-corrected chi connectivity index (χ3v) is 13.2. The molecule has 0 saturated heterocycles. The number of nitrogens with one attached hydrogen (secondary N) is 1. The number of pyridine rings is 2. The third-order valence-electron chi connectivity index (χ3n) is 13.2. The summed E-state index contributed by atoms with van der Waals surface area (Å²) in [5.41, 5.74) is 15.4. The quantitative estimate of drug-likeness (QED) is 0.163. The summed E-state index contributed by atoms with van der Waals surface area (Å²) in [5, 5.41) is 4.10. The second kappa shape index (κ2) is 27.4. The van der Waals surface area contributed by atoms with Crippen molar-refractivity contribution in [3.63, 3.8) is 0 Å². The second-order valence-electron chi connectivity index (χ2n) is 27.7. The Balaban J connectivity index is 0.000000240. The normalized spacial score (nSPS) is 13.7. The second-order valence-corrected chi connectivity index (χ2v) is 27.7. The molecule has 3 aliphatic rings. The number of imidazole rings is 1. The molecule has 6 aromatic rings. The zero-order chi connectivity index (χ0) is 59.1. The van der Waals surface area contributed by atoms with E-state index >= 15 is 0 Å². The van der Waals surface area contributed by atoms with Gasteiger partial charge in [-0.15, -0.1) is 0 Å². The number of aromatic nitrogens is 6. The van der Waals surface area contributed by atoms with Gasteiger partial charge in [-0.25, -0.2) is 4.98 Å². The van der Waals surface area contributed by atoms with Gasteiger partial charge in [0.05, 0.1) is 30.5 Å². The highest BCUT2D eigenvalue weighted by Gasteiger charge is 2.20. The van der Waals surface area contributed by atoms with Crippen LogP contribution in [-0.4, -0.2) is 41.3 Å². The van der Waals surface area contributed by atoms with Crippen molar-refractivity contribution in [2.24, 2.45) is 17.5 Å². The largest absolute Gasteiger partial charge is 0.332 e. The summed E-state index contributed by atoms with van der Waals surface area (Å²) in [6.07, 6.45) is 25.2. The molecule has 4 aromatic heterocycles. The lowest BCUT2D eigenvalue weighted by molar-refractivity contribution is -0.113. The standard InChI is InChI=1S/2C12H15N.C10H14O.C10H14.C9H13NO.2C8H14N2/c1-12(2,3)11-5-4-9-7-13-8-10(9)6-11;1-12(2,3)10-7-9-5-4-6-11(9)13-8-10;1-10(2,3)8-4-6-9(11)7-5-8;1-10(2,3)9-7-5-4-6-8-9;1-9(2,3)7-4-5-8(11)10-6-7;1-8(2,3)7-5-9-10(4)6-7;1-7-5-10(6-9-7)8(2,3)4/h4-6,8H,7H2,1-3H3;4-5,7-8H,6H2,1-3H3;4-6H,7H2,1-3H3;4-8H,1-3H3;4-6H,1-3H3,(H,10,11);2*5-6H,1-4H3. The summed E-state index contributed by atoms with van der Waals surface area (Å²) < 4.78 is 3.95. The van der Waals surface area contributed by atoms with Crippen LogP contribution in [0.2, 0.25) is 0 Å². The molecule has 0 spiro atoms. The Morgan fingerprint density at radius 2 is 1.12 bits per heavy atom.